The van der Waals surface area contributed by atoms with E-state index in [0.717, 1.165) is 32.8 Å². The third-order valence-electron chi connectivity index (χ3n) is 2.71. The highest BCUT2D eigenvalue weighted by Crippen LogP contribution is 2.19. The van der Waals surface area contributed by atoms with Crippen LogP contribution in [0, 0.1) is 18.8 Å². The molecule has 0 aliphatic carbocycles. The molecule has 1 nitrogen and oxygen atoms in total. The van der Waals surface area contributed by atoms with E-state index in [1.807, 2.05) is 49.4 Å². The maximum Gasteiger partial charge on any atom is 0.122 e. The second-order valence-electron chi connectivity index (χ2n) is 4.27. The molecule has 0 bridgehead atoms. The van der Waals surface area contributed by atoms with Crippen LogP contribution < -0.4 is 4.74 Å². The average Bonchev–Trinajstić information content (AvgIpc) is 2.46. The van der Waals surface area contributed by atoms with Crippen LogP contribution in [0.4, 0.5) is 0 Å². The summed E-state index contributed by atoms with van der Waals surface area (Å²) in [6.07, 6.45) is 0. The molecule has 0 unspecified atom stereocenters. The molecule has 20 heavy (non-hydrogen) atoms. The lowest BCUT2D eigenvalue weighted by Crippen LogP contribution is -1.99. The van der Waals surface area contributed by atoms with Crippen LogP contribution in [0.15, 0.2) is 42.5 Å². The van der Waals surface area contributed by atoms with Crippen LogP contribution in [-0.4, -0.2) is 11.9 Å². The van der Waals surface area contributed by atoms with Crippen molar-refractivity contribution in [3.8, 4) is 17.6 Å². The van der Waals surface area contributed by atoms with Crippen LogP contribution in [0.2, 0.25) is 5.02 Å². The highest BCUT2D eigenvalue weighted by Gasteiger charge is 1.99. The molecule has 0 amide bonds. The minimum Gasteiger partial charge on any atom is -0.492 e. The normalized spacial score (nSPS) is 9.75. The van der Waals surface area contributed by atoms with Crippen molar-refractivity contribution in [2.24, 2.45) is 0 Å². The van der Waals surface area contributed by atoms with Crippen molar-refractivity contribution in [2.45, 2.75) is 6.92 Å². The Morgan fingerprint density at radius 1 is 1.05 bits per heavy atom. The van der Waals surface area contributed by atoms with Gasteiger partial charge in [0.25, 0.3) is 0 Å². The predicted octanol–water partition coefficient (Wildman–Crippen LogP) is 4.82. The van der Waals surface area contributed by atoms with Gasteiger partial charge in [0.1, 0.15) is 5.75 Å². The van der Waals surface area contributed by atoms with Crippen LogP contribution in [0.1, 0.15) is 16.7 Å². The summed E-state index contributed by atoms with van der Waals surface area (Å²) in [6.45, 7) is 2.69. The van der Waals surface area contributed by atoms with Gasteiger partial charge in [-0.1, -0.05) is 39.4 Å². The van der Waals surface area contributed by atoms with Crippen molar-refractivity contribution < 1.29 is 4.74 Å². The summed E-state index contributed by atoms with van der Waals surface area (Å²) in [5.74, 6) is 7.17. The third-order valence-corrected chi connectivity index (χ3v) is 3.28. The maximum atomic E-state index is 5.84. The molecule has 0 spiro atoms. The van der Waals surface area contributed by atoms with E-state index in [9.17, 15) is 0 Å². The fraction of sp³-hybridized carbons (Fsp3) is 0.176. The van der Waals surface area contributed by atoms with Crippen molar-refractivity contribution in [1.29, 1.82) is 0 Å². The topological polar surface area (TPSA) is 9.23 Å². The van der Waals surface area contributed by atoms with Gasteiger partial charge in [0.2, 0.25) is 0 Å². The van der Waals surface area contributed by atoms with Gasteiger partial charge in [-0.25, -0.2) is 0 Å². The predicted molar refractivity (Wildman–Crippen MR) is 87.9 cm³/mol. The first-order valence-electron chi connectivity index (χ1n) is 6.26. The van der Waals surface area contributed by atoms with Crippen LogP contribution in [-0.2, 0) is 0 Å². The Morgan fingerprint density at radius 3 is 2.35 bits per heavy atom. The Balaban J connectivity index is 2.14. The fourth-order valence-electron chi connectivity index (χ4n) is 1.72. The first kappa shape index (κ1) is 15.0. The zero-order valence-corrected chi connectivity index (χ0v) is 13.5. The van der Waals surface area contributed by atoms with Gasteiger partial charge < -0.3 is 4.74 Å². The lowest BCUT2D eigenvalue weighted by atomic mass is 10.1. The summed E-state index contributed by atoms with van der Waals surface area (Å²) >= 11 is 9.19. The van der Waals surface area contributed by atoms with Gasteiger partial charge >= 0.3 is 0 Å². The van der Waals surface area contributed by atoms with Gasteiger partial charge in [-0.05, 0) is 55.0 Å². The Morgan fingerprint density at radius 2 is 1.70 bits per heavy atom. The lowest BCUT2D eigenvalue weighted by Gasteiger charge is -2.07. The van der Waals surface area contributed by atoms with E-state index in [4.69, 9.17) is 16.3 Å². The SMILES string of the molecule is Cc1cc(C#Cc2ccc(Cl)cc2)ccc1OCCBr. The van der Waals surface area contributed by atoms with Gasteiger partial charge in [0, 0.05) is 21.5 Å². The smallest absolute Gasteiger partial charge is 0.122 e. The quantitative estimate of drug-likeness (QED) is 0.570. The molecule has 2 aromatic carbocycles. The molecule has 0 saturated heterocycles. The molecule has 0 aliphatic heterocycles. The van der Waals surface area contributed by atoms with Crippen molar-refractivity contribution in [2.75, 3.05) is 11.9 Å². The molecule has 0 fully saturated rings. The Bertz CT molecular complexity index is 638. The number of halogens is 2. The summed E-state index contributed by atoms with van der Waals surface area (Å²) in [6, 6.07) is 13.5. The number of aryl methyl sites for hydroxylation is 1. The van der Waals surface area contributed by atoms with Crippen molar-refractivity contribution in [3.05, 3.63) is 64.2 Å². The first-order valence-corrected chi connectivity index (χ1v) is 7.76. The van der Waals surface area contributed by atoms with Gasteiger partial charge in [-0.3, -0.25) is 0 Å². The van der Waals surface area contributed by atoms with E-state index >= 15 is 0 Å². The van der Waals surface area contributed by atoms with Crippen LogP contribution >= 0.6 is 27.5 Å². The molecule has 3 heteroatoms. The zero-order chi connectivity index (χ0) is 14.4. The largest absolute Gasteiger partial charge is 0.492 e. The summed E-state index contributed by atoms with van der Waals surface area (Å²) in [7, 11) is 0. The molecule has 0 atom stereocenters. The van der Waals surface area contributed by atoms with Gasteiger partial charge in [0.15, 0.2) is 0 Å². The number of hydrogen-bond donors (Lipinski definition) is 0. The Labute approximate surface area is 133 Å². The Hall–Kier alpha value is -1.43. The molecular weight excluding hydrogens is 336 g/mol. The summed E-state index contributed by atoms with van der Waals surface area (Å²) < 4.78 is 5.61. The molecule has 102 valence electrons. The third kappa shape index (κ3) is 4.30. The number of ether oxygens (including phenoxy) is 1. The van der Waals surface area contributed by atoms with Crippen molar-refractivity contribution in [1.82, 2.24) is 0 Å². The van der Waals surface area contributed by atoms with Crippen LogP contribution in [0.25, 0.3) is 0 Å². The summed E-state index contributed by atoms with van der Waals surface area (Å²) in [5.41, 5.74) is 3.02. The fourth-order valence-corrected chi connectivity index (χ4v) is 2.00. The summed E-state index contributed by atoms with van der Waals surface area (Å²) in [5, 5.41) is 1.55. The number of alkyl halides is 1. The van der Waals surface area contributed by atoms with E-state index in [1.165, 1.54) is 0 Å². The highest BCUT2D eigenvalue weighted by atomic mass is 79.9. The zero-order valence-electron chi connectivity index (χ0n) is 11.1. The van der Waals surface area contributed by atoms with E-state index in [0.29, 0.717) is 6.61 Å². The standard InChI is InChI=1S/C17H14BrClO/c1-13-12-15(6-9-17(13)20-11-10-18)3-2-14-4-7-16(19)8-5-14/h4-9,12H,10-11H2,1H3. The molecule has 2 rings (SSSR count). The van der Waals surface area contributed by atoms with Crippen LogP contribution in [0.5, 0.6) is 5.75 Å². The van der Waals surface area contributed by atoms with E-state index < -0.39 is 0 Å². The minimum absolute atomic E-state index is 0.663. The molecule has 0 radical (unpaired) electrons. The van der Waals surface area contributed by atoms with E-state index in [2.05, 4.69) is 27.8 Å². The van der Waals surface area contributed by atoms with Gasteiger partial charge in [-0.2, -0.15) is 0 Å². The average molecular weight is 350 g/mol. The van der Waals surface area contributed by atoms with Crippen molar-refractivity contribution in [3.63, 3.8) is 0 Å². The van der Waals surface area contributed by atoms with Crippen LogP contribution in [0.3, 0.4) is 0 Å². The minimum atomic E-state index is 0.663. The van der Waals surface area contributed by atoms with Gasteiger partial charge in [-0.15, -0.1) is 0 Å². The van der Waals surface area contributed by atoms with E-state index in [1.54, 1.807) is 0 Å². The van der Waals surface area contributed by atoms with Gasteiger partial charge in [0.05, 0.1) is 6.61 Å². The number of benzene rings is 2. The number of hydrogen-bond acceptors (Lipinski definition) is 1. The molecule has 2 aromatic rings. The monoisotopic (exact) mass is 348 g/mol. The molecule has 0 saturated carbocycles. The number of rotatable bonds is 3. The molecule has 0 aliphatic rings. The first-order chi connectivity index (χ1) is 9.69. The highest BCUT2D eigenvalue weighted by molar-refractivity contribution is 9.09. The summed E-state index contributed by atoms with van der Waals surface area (Å²) in [4.78, 5) is 0. The lowest BCUT2D eigenvalue weighted by molar-refractivity contribution is 0.342. The molecule has 0 N–H and O–H groups in total. The molecule has 0 aromatic heterocycles. The molecular formula is C17H14BrClO. The molecule has 0 heterocycles. The van der Waals surface area contributed by atoms with E-state index in [-0.39, 0.29) is 0 Å². The second kappa shape index (κ2) is 7.38. The Kier molecular flexibility index (Phi) is 5.52. The van der Waals surface area contributed by atoms with Crippen molar-refractivity contribution >= 4 is 27.5 Å². The second-order valence-corrected chi connectivity index (χ2v) is 5.50. The maximum absolute atomic E-state index is 5.84.